The van der Waals surface area contributed by atoms with Crippen LogP contribution >= 0.6 is 0 Å². The molecule has 35 heavy (non-hydrogen) atoms. The van der Waals surface area contributed by atoms with Crippen LogP contribution in [0.15, 0.2) is 42.0 Å². The lowest BCUT2D eigenvalue weighted by Gasteiger charge is -2.58. The Bertz CT molecular complexity index is 916. The van der Waals surface area contributed by atoms with Gasteiger partial charge in [0.1, 0.15) is 0 Å². The normalized spacial score (nSPS) is 43.1. The second-order valence-corrected chi connectivity index (χ2v) is 13.8. The van der Waals surface area contributed by atoms with Crippen LogP contribution in [0.4, 0.5) is 0 Å². The van der Waals surface area contributed by atoms with Gasteiger partial charge in [0.15, 0.2) is 0 Å². The minimum absolute atomic E-state index is 0.0887. The number of rotatable bonds is 4. The summed E-state index contributed by atoms with van der Waals surface area (Å²) >= 11 is 0. The minimum atomic E-state index is -0.0887. The molecule has 4 aliphatic carbocycles. The quantitative estimate of drug-likeness (QED) is 0.457. The average Bonchev–Trinajstić information content (AvgIpc) is 3.23. The van der Waals surface area contributed by atoms with Gasteiger partial charge in [-0.15, -0.1) is 0 Å². The van der Waals surface area contributed by atoms with Gasteiger partial charge in [-0.05, 0) is 129 Å². The first kappa shape index (κ1) is 24.2. The Morgan fingerprint density at radius 3 is 2.49 bits per heavy atom. The average molecular weight is 476 g/mol. The van der Waals surface area contributed by atoms with Gasteiger partial charge < -0.3 is 10.0 Å². The SMILES string of the molecule is C[C@H](CN1CCC(c2ccccc2)CC1)[C@H]1CC[C@H]2[C@@H]3CC=C4CC(O)CC[C@]4(C)[C@H]3CC[C@]12C. The Labute approximate surface area is 214 Å². The molecule has 0 bridgehead atoms. The van der Waals surface area contributed by atoms with E-state index in [0.29, 0.717) is 10.8 Å². The van der Waals surface area contributed by atoms with Gasteiger partial charge in [0, 0.05) is 6.54 Å². The van der Waals surface area contributed by atoms with Crippen LogP contribution in [0, 0.1) is 40.4 Å². The van der Waals surface area contributed by atoms with E-state index in [-0.39, 0.29) is 6.10 Å². The van der Waals surface area contributed by atoms with Crippen LogP contribution in [-0.2, 0) is 0 Å². The molecule has 4 fully saturated rings. The molecule has 0 amide bonds. The number of aliphatic hydroxyl groups is 1. The van der Waals surface area contributed by atoms with Crippen LogP contribution in [-0.4, -0.2) is 35.7 Å². The highest BCUT2D eigenvalue weighted by Crippen LogP contribution is 2.67. The molecule has 0 radical (unpaired) electrons. The number of likely N-dealkylation sites (tertiary alicyclic amines) is 1. The molecule has 1 N–H and O–H groups in total. The predicted molar refractivity (Wildman–Crippen MR) is 145 cm³/mol. The van der Waals surface area contributed by atoms with Crippen molar-refractivity contribution in [2.45, 2.75) is 97.0 Å². The van der Waals surface area contributed by atoms with Gasteiger partial charge >= 0.3 is 0 Å². The highest BCUT2D eigenvalue weighted by molar-refractivity contribution is 5.25. The molecular weight excluding hydrogens is 426 g/mol. The standard InChI is InChI=1S/C33H49NO/c1-23(22-34-19-15-25(16-20-34)24-7-5-4-6-8-24)29-11-12-30-28-10-9-26-21-27(35)13-17-32(26,2)31(28)14-18-33(29,30)3/h4-9,23,25,27-31,35H,10-22H2,1-3H3/t23-,27?,28+,29-,30+,31+,32+,33-/m1/s1. The third kappa shape index (κ3) is 4.15. The Hall–Kier alpha value is -1.12. The molecule has 0 aromatic heterocycles. The lowest BCUT2D eigenvalue weighted by Crippen LogP contribution is -2.51. The van der Waals surface area contributed by atoms with Crippen molar-refractivity contribution < 1.29 is 5.11 Å². The second-order valence-electron chi connectivity index (χ2n) is 13.8. The molecule has 2 heteroatoms. The van der Waals surface area contributed by atoms with Crippen LogP contribution in [0.5, 0.6) is 0 Å². The highest BCUT2D eigenvalue weighted by Gasteiger charge is 2.59. The number of benzene rings is 1. The van der Waals surface area contributed by atoms with E-state index < -0.39 is 0 Å². The van der Waals surface area contributed by atoms with E-state index in [2.05, 4.69) is 62.1 Å². The molecule has 0 spiro atoms. The lowest BCUT2D eigenvalue weighted by molar-refractivity contribution is -0.0588. The van der Waals surface area contributed by atoms with Crippen molar-refractivity contribution in [1.82, 2.24) is 4.90 Å². The second kappa shape index (κ2) is 9.32. The van der Waals surface area contributed by atoms with E-state index in [1.165, 1.54) is 71.0 Å². The molecule has 3 saturated carbocycles. The van der Waals surface area contributed by atoms with Crippen molar-refractivity contribution in [1.29, 1.82) is 0 Å². The van der Waals surface area contributed by atoms with Crippen molar-refractivity contribution in [3.8, 4) is 0 Å². The van der Waals surface area contributed by atoms with E-state index in [9.17, 15) is 5.11 Å². The molecule has 1 unspecified atom stereocenters. The number of fused-ring (bicyclic) bond motifs is 5. The summed E-state index contributed by atoms with van der Waals surface area (Å²) in [5, 5.41) is 10.3. The van der Waals surface area contributed by atoms with Gasteiger partial charge in [-0.3, -0.25) is 0 Å². The first-order valence-electron chi connectivity index (χ1n) is 15.0. The van der Waals surface area contributed by atoms with Gasteiger partial charge in [-0.2, -0.15) is 0 Å². The summed E-state index contributed by atoms with van der Waals surface area (Å²) in [7, 11) is 0. The summed E-state index contributed by atoms with van der Waals surface area (Å²) < 4.78 is 0. The monoisotopic (exact) mass is 475 g/mol. The molecule has 192 valence electrons. The van der Waals surface area contributed by atoms with Crippen LogP contribution < -0.4 is 0 Å². The number of nitrogens with zero attached hydrogens (tertiary/aromatic N) is 1. The molecule has 1 aromatic carbocycles. The molecule has 6 rings (SSSR count). The van der Waals surface area contributed by atoms with E-state index in [1.807, 2.05) is 0 Å². The number of aliphatic hydroxyl groups excluding tert-OH is 1. The first-order chi connectivity index (χ1) is 16.9. The molecular formula is C33H49NO. The fourth-order valence-electron chi connectivity index (χ4n) is 10.3. The van der Waals surface area contributed by atoms with E-state index in [1.54, 1.807) is 11.1 Å². The molecule has 1 aromatic rings. The molecule has 1 aliphatic heterocycles. The predicted octanol–water partition coefficient (Wildman–Crippen LogP) is 7.44. The highest BCUT2D eigenvalue weighted by atomic mass is 16.3. The number of hydrogen-bond acceptors (Lipinski definition) is 2. The zero-order valence-electron chi connectivity index (χ0n) is 22.6. The Morgan fingerprint density at radius 2 is 1.71 bits per heavy atom. The van der Waals surface area contributed by atoms with Crippen LogP contribution in [0.25, 0.3) is 0 Å². The Balaban J connectivity index is 1.10. The zero-order chi connectivity index (χ0) is 24.2. The Kier molecular flexibility index (Phi) is 6.45. The van der Waals surface area contributed by atoms with Gasteiger partial charge in [-0.1, -0.05) is 62.8 Å². The van der Waals surface area contributed by atoms with Crippen molar-refractivity contribution in [2.24, 2.45) is 40.4 Å². The van der Waals surface area contributed by atoms with Gasteiger partial charge in [0.2, 0.25) is 0 Å². The van der Waals surface area contributed by atoms with Gasteiger partial charge in [0.25, 0.3) is 0 Å². The molecule has 8 atom stereocenters. The van der Waals surface area contributed by atoms with Crippen molar-refractivity contribution >= 4 is 0 Å². The third-order valence-electron chi connectivity index (χ3n) is 12.2. The number of allylic oxidation sites excluding steroid dienone is 1. The topological polar surface area (TPSA) is 23.5 Å². The molecule has 1 heterocycles. The number of hydrogen-bond donors (Lipinski definition) is 1. The van der Waals surface area contributed by atoms with Crippen LogP contribution in [0.2, 0.25) is 0 Å². The summed E-state index contributed by atoms with van der Waals surface area (Å²) in [4.78, 5) is 2.80. The fraction of sp³-hybridized carbons (Fsp3) is 0.758. The summed E-state index contributed by atoms with van der Waals surface area (Å²) in [5.41, 5.74) is 4.08. The smallest absolute Gasteiger partial charge is 0.0577 e. The van der Waals surface area contributed by atoms with Crippen LogP contribution in [0.1, 0.15) is 96.5 Å². The van der Waals surface area contributed by atoms with E-state index in [4.69, 9.17) is 0 Å². The van der Waals surface area contributed by atoms with Gasteiger partial charge in [0.05, 0.1) is 6.10 Å². The maximum Gasteiger partial charge on any atom is 0.0577 e. The fourth-order valence-corrected chi connectivity index (χ4v) is 10.3. The van der Waals surface area contributed by atoms with E-state index >= 15 is 0 Å². The summed E-state index contributed by atoms with van der Waals surface area (Å²) in [6, 6.07) is 11.2. The van der Waals surface area contributed by atoms with Crippen molar-refractivity contribution in [3.05, 3.63) is 47.5 Å². The molecule has 2 nitrogen and oxygen atoms in total. The summed E-state index contributed by atoms with van der Waals surface area (Å²) in [6.45, 7) is 11.7. The summed E-state index contributed by atoms with van der Waals surface area (Å²) in [5.74, 6) is 5.13. The van der Waals surface area contributed by atoms with E-state index in [0.717, 1.165) is 48.3 Å². The van der Waals surface area contributed by atoms with Gasteiger partial charge in [-0.25, -0.2) is 0 Å². The number of piperidine rings is 1. The molecule has 1 saturated heterocycles. The van der Waals surface area contributed by atoms with Crippen molar-refractivity contribution in [3.63, 3.8) is 0 Å². The van der Waals surface area contributed by atoms with Crippen molar-refractivity contribution in [2.75, 3.05) is 19.6 Å². The Morgan fingerprint density at radius 1 is 0.943 bits per heavy atom. The summed E-state index contributed by atoms with van der Waals surface area (Å²) in [6.07, 6.45) is 15.4. The maximum atomic E-state index is 10.3. The maximum absolute atomic E-state index is 10.3. The molecule has 5 aliphatic rings. The third-order valence-corrected chi connectivity index (χ3v) is 12.2. The largest absolute Gasteiger partial charge is 0.393 e. The zero-order valence-corrected chi connectivity index (χ0v) is 22.6. The van der Waals surface area contributed by atoms with Crippen LogP contribution in [0.3, 0.4) is 0 Å². The first-order valence-corrected chi connectivity index (χ1v) is 15.0. The lowest BCUT2D eigenvalue weighted by atomic mass is 9.47. The minimum Gasteiger partial charge on any atom is -0.393 e.